The lowest BCUT2D eigenvalue weighted by molar-refractivity contribution is -0.129. The summed E-state index contributed by atoms with van der Waals surface area (Å²) in [5.74, 6) is 0.189. The number of benzene rings is 2. The molecule has 1 unspecified atom stereocenters. The van der Waals surface area contributed by atoms with E-state index < -0.39 is 5.60 Å². The zero-order valence-corrected chi connectivity index (χ0v) is 12.2. The standard InChI is InChI=1S/C18H16N2O2/c21-16-11-18(8-9-19-22-18)17-15-6-5-12-3-1-2-4-13(12)14(15)7-10-20(16)17/h1-6,9,17H,7-8,10-11H2/t17-,18?/m0/s1. The van der Waals surface area contributed by atoms with Crippen molar-refractivity contribution in [2.24, 2.45) is 5.16 Å². The first-order valence-corrected chi connectivity index (χ1v) is 7.78. The van der Waals surface area contributed by atoms with E-state index >= 15 is 0 Å². The second-order valence-corrected chi connectivity index (χ2v) is 6.42. The average molecular weight is 292 g/mol. The molecule has 1 fully saturated rings. The number of rotatable bonds is 0. The Balaban J connectivity index is 1.74. The normalized spacial score (nSPS) is 29.0. The molecule has 22 heavy (non-hydrogen) atoms. The molecule has 4 heteroatoms. The molecule has 2 atom stereocenters. The lowest BCUT2D eigenvalue weighted by Crippen LogP contribution is -2.41. The molecule has 3 aliphatic heterocycles. The molecule has 3 aliphatic rings. The Morgan fingerprint density at radius 2 is 2.14 bits per heavy atom. The predicted octanol–water partition coefficient (Wildman–Crippen LogP) is 2.81. The molecule has 1 spiro atoms. The topological polar surface area (TPSA) is 41.9 Å². The van der Waals surface area contributed by atoms with E-state index in [0.29, 0.717) is 12.8 Å². The molecular weight excluding hydrogens is 276 g/mol. The van der Waals surface area contributed by atoms with Gasteiger partial charge in [-0.2, -0.15) is 0 Å². The first-order chi connectivity index (χ1) is 10.8. The van der Waals surface area contributed by atoms with Crippen molar-refractivity contribution in [3.05, 3.63) is 47.5 Å². The third-order valence-electron chi connectivity index (χ3n) is 5.30. The van der Waals surface area contributed by atoms with Gasteiger partial charge in [0, 0.05) is 19.2 Å². The fraction of sp³-hybridized carbons (Fsp3) is 0.333. The summed E-state index contributed by atoms with van der Waals surface area (Å²) in [7, 11) is 0. The van der Waals surface area contributed by atoms with Crippen LogP contribution in [0.4, 0.5) is 0 Å². The van der Waals surface area contributed by atoms with Gasteiger partial charge in [-0.1, -0.05) is 41.6 Å². The summed E-state index contributed by atoms with van der Waals surface area (Å²) in [6.45, 7) is 0.773. The molecule has 3 heterocycles. The monoisotopic (exact) mass is 292 g/mol. The zero-order valence-electron chi connectivity index (χ0n) is 12.2. The van der Waals surface area contributed by atoms with E-state index in [4.69, 9.17) is 4.84 Å². The first kappa shape index (κ1) is 12.2. The Hall–Kier alpha value is -2.36. The third kappa shape index (κ3) is 1.42. The van der Waals surface area contributed by atoms with Crippen molar-refractivity contribution in [1.29, 1.82) is 0 Å². The second kappa shape index (κ2) is 4.09. The van der Waals surface area contributed by atoms with Gasteiger partial charge in [-0.25, -0.2) is 0 Å². The van der Waals surface area contributed by atoms with Crippen molar-refractivity contribution in [2.75, 3.05) is 6.54 Å². The van der Waals surface area contributed by atoms with Gasteiger partial charge in [-0.15, -0.1) is 0 Å². The van der Waals surface area contributed by atoms with Gasteiger partial charge in [0.2, 0.25) is 5.91 Å². The van der Waals surface area contributed by atoms with Crippen LogP contribution in [0.15, 0.2) is 41.6 Å². The number of fused-ring (bicyclic) bond motifs is 6. The van der Waals surface area contributed by atoms with Crippen LogP contribution < -0.4 is 0 Å². The number of hydrogen-bond acceptors (Lipinski definition) is 3. The molecule has 0 aromatic heterocycles. The third-order valence-corrected chi connectivity index (χ3v) is 5.30. The van der Waals surface area contributed by atoms with E-state index in [1.165, 1.54) is 21.9 Å². The Labute approximate surface area is 128 Å². The van der Waals surface area contributed by atoms with Gasteiger partial charge in [0.15, 0.2) is 5.60 Å². The number of nitrogens with zero attached hydrogens (tertiary/aromatic N) is 2. The SMILES string of the molecule is O=C1CC2(CC=NO2)[C@@H]2c3ccc4ccccc4c3CCN12. The maximum atomic E-state index is 12.4. The van der Waals surface area contributed by atoms with Gasteiger partial charge in [-0.3, -0.25) is 4.79 Å². The summed E-state index contributed by atoms with van der Waals surface area (Å²) in [4.78, 5) is 20.1. The fourth-order valence-corrected chi connectivity index (χ4v) is 4.34. The summed E-state index contributed by atoms with van der Waals surface area (Å²) in [6.07, 6.45) is 3.86. The Bertz CT molecular complexity index is 819. The van der Waals surface area contributed by atoms with Crippen LogP contribution in [0, 0.1) is 0 Å². The average Bonchev–Trinajstić information content (AvgIpc) is 3.13. The van der Waals surface area contributed by atoms with Crippen molar-refractivity contribution in [1.82, 2.24) is 4.90 Å². The number of amides is 1. The lowest BCUT2D eigenvalue weighted by atomic mass is 9.81. The molecule has 1 amide bonds. The summed E-state index contributed by atoms with van der Waals surface area (Å²) >= 11 is 0. The molecule has 0 aliphatic carbocycles. The number of carbonyl (C=O) groups excluding carboxylic acids is 1. The predicted molar refractivity (Wildman–Crippen MR) is 83.6 cm³/mol. The molecule has 4 nitrogen and oxygen atoms in total. The summed E-state index contributed by atoms with van der Waals surface area (Å²) in [6, 6.07) is 12.8. The minimum absolute atomic E-state index is 0.00384. The van der Waals surface area contributed by atoms with Gasteiger partial charge in [-0.05, 0) is 28.3 Å². The second-order valence-electron chi connectivity index (χ2n) is 6.42. The molecule has 0 bridgehead atoms. The number of carbonyl (C=O) groups is 1. The minimum atomic E-state index is -0.491. The Kier molecular flexibility index (Phi) is 2.27. The van der Waals surface area contributed by atoms with Crippen molar-refractivity contribution < 1.29 is 9.63 Å². The highest BCUT2D eigenvalue weighted by Gasteiger charge is 2.57. The Morgan fingerprint density at radius 3 is 3.00 bits per heavy atom. The van der Waals surface area contributed by atoms with Crippen LogP contribution in [0.3, 0.4) is 0 Å². The number of hydrogen-bond donors (Lipinski definition) is 0. The molecular formula is C18H16N2O2. The molecule has 0 N–H and O–H groups in total. The smallest absolute Gasteiger partial charge is 0.227 e. The van der Waals surface area contributed by atoms with Crippen LogP contribution in [-0.2, 0) is 16.1 Å². The molecule has 110 valence electrons. The molecule has 2 aromatic carbocycles. The van der Waals surface area contributed by atoms with E-state index in [0.717, 1.165) is 13.0 Å². The summed E-state index contributed by atoms with van der Waals surface area (Å²) in [5, 5.41) is 6.54. The van der Waals surface area contributed by atoms with Crippen molar-refractivity contribution in [3.8, 4) is 0 Å². The van der Waals surface area contributed by atoms with Gasteiger partial charge >= 0.3 is 0 Å². The van der Waals surface area contributed by atoms with E-state index in [2.05, 4.69) is 41.6 Å². The largest absolute Gasteiger partial charge is 0.386 e. The highest BCUT2D eigenvalue weighted by Crippen LogP contribution is 2.50. The summed E-state index contributed by atoms with van der Waals surface area (Å²) in [5.41, 5.74) is 2.11. The lowest BCUT2D eigenvalue weighted by Gasteiger charge is -2.38. The van der Waals surface area contributed by atoms with E-state index in [1.807, 2.05) is 4.90 Å². The quantitative estimate of drug-likeness (QED) is 0.749. The van der Waals surface area contributed by atoms with Crippen LogP contribution in [0.25, 0.3) is 10.8 Å². The molecule has 0 saturated carbocycles. The first-order valence-electron chi connectivity index (χ1n) is 7.78. The maximum absolute atomic E-state index is 12.4. The minimum Gasteiger partial charge on any atom is -0.386 e. The van der Waals surface area contributed by atoms with Crippen molar-refractivity contribution in [3.63, 3.8) is 0 Å². The highest BCUT2D eigenvalue weighted by molar-refractivity contribution is 5.89. The molecule has 2 aromatic rings. The highest BCUT2D eigenvalue weighted by atomic mass is 16.7. The van der Waals surface area contributed by atoms with Crippen LogP contribution in [0.2, 0.25) is 0 Å². The van der Waals surface area contributed by atoms with Gasteiger partial charge in [0.05, 0.1) is 6.42 Å². The van der Waals surface area contributed by atoms with Crippen LogP contribution in [0.5, 0.6) is 0 Å². The fourth-order valence-electron chi connectivity index (χ4n) is 4.34. The van der Waals surface area contributed by atoms with E-state index in [1.54, 1.807) is 6.21 Å². The van der Waals surface area contributed by atoms with Gasteiger partial charge in [0.1, 0.15) is 6.04 Å². The van der Waals surface area contributed by atoms with Gasteiger partial charge < -0.3 is 9.74 Å². The van der Waals surface area contributed by atoms with E-state index in [-0.39, 0.29) is 11.9 Å². The van der Waals surface area contributed by atoms with Crippen LogP contribution >= 0.6 is 0 Å². The number of oxime groups is 1. The van der Waals surface area contributed by atoms with Gasteiger partial charge in [0.25, 0.3) is 0 Å². The molecule has 5 rings (SSSR count). The Morgan fingerprint density at radius 1 is 1.23 bits per heavy atom. The molecule has 0 radical (unpaired) electrons. The zero-order chi connectivity index (χ0) is 14.7. The summed E-state index contributed by atoms with van der Waals surface area (Å²) < 4.78 is 0. The molecule has 1 saturated heterocycles. The van der Waals surface area contributed by atoms with Crippen LogP contribution in [-0.4, -0.2) is 29.2 Å². The van der Waals surface area contributed by atoms with Crippen molar-refractivity contribution >= 4 is 22.9 Å². The van der Waals surface area contributed by atoms with Crippen LogP contribution in [0.1, 0.15) is 30.0 Å². The maximum Gasteiger partial charge on any atom is 0.227 e. The van der Waals surface area contributed by atoms with E-state index in [9.17, 15) is 4.79 Å². The van der Waals surface area contributed by atoms with Crippen molar-refractivity contribution in [2.45, 2.75) is 30.9 Å².